The predicted octanol–water partition coefficient (Wildman–Crippen LogP) is 1.82. The summed E-state index contributed by atoms with van der Waals surface area (Å²) in [6.45, 7) is 3.40. The molecule has 1 fully saturated rings. The van der Waals surface area contributed by atoms with E-state index in [2.05, 4.69) is 21.9 Å². The number of rotatable bonds is 5. The molecule has 1 aliphatic heterocycles. The van der Waals surface area contributed by atoms with Crippen LogP contribution in [0.15, 0.2) is 64.2 Å². The Hall–Kier alpha value is -4.01. The number of benzene rings is 2. The minimum Gasteiger partial charge on any atom is -0.497 e. The van der Waals surface area contributed by atoms with Gasteiger partial charge in [-0.1, -0.05) is 30.3 Å². The maximum absolute atomic E-state index is 13.4. The average Bonchev–Trinajstić information content (AvgIpc) is 3.23. The lowest BCUT2D eigenvalue weighted by Gasteiger charge is -2.36. The highest BCUT2D eigenvalue weighted by atomic mass is 16.5. The number of aromatic nitrogens is 4. The molecule has 34 heavy (non-hydrogen) atoms. The number of ether oxygens (including phenoxy) is 1. The topological polar surface area (TPSA) is 77.5 Å². The Morgan fingerprint density at radius 3 is 2.15 bits per heavy atom. The molecular formula is C25H28N6O3. The van der Waals surface area contributed by atoms with Crippen molar-refractivity contribution in [3.63, 3.8) is 0 Å². The molecule has 1 saturated heterocycles. The molecule has 0 N–H and O–H groups in total. The monoisotopic (exact) mass is 460 g/mol. The van der Waals surface area contributed by atoms with Gasteiger partial charge in [0.15, 0.2) is 11.2 Å². The molecule has 0 unspecified atom stereocenters. The van der Waals surface area contributed by atoms with E-state index in [4.69, 9.17) is 9.72 Å². The number of hydrogen-bond donors (Lipinski definition) is 0. The molecule has 2 aromatic heterocycles. The molecule has 0 radical (unpaired) electrons. The van der Waals surface area contributed by atoms with Gasteiger partial charge in [-0.3, -0.25) is 13.9 Å². The Kier molecular flexibility index (Phi) is 5.61. The number of imidazole rings is 1. The number of nitrogens with zero attached hydrogens (tertiary/aromatic N) is 6. The summed E-state index contributed by atoms with van der Waals surface area (Å²) in [4.78, 5) is 35.6. The molecule has 176 valence electrons. The molecule has 0 saturated carbocycles. The second kappa shape index (κ2) is 8.74. The van der Waals surface area contributed by atoms with Gasteiger partial charge in [0.25, 0.3) is 5.56 Å². The molecule has 9 heteroatoms. The average molecular weight is 461 g/mol. The van der Waals surface area contributed by atoms with Gasteiger partial charge in [-0.15, -0.1) is 0 Å². The molecule has 4 aromatic rings. The van der Waals surface area contributed by atoms with Crippen molar-refractivity contribution in [2.45, 2.75) is 6.54 Å². The van der Waals surface area contributed by atoms with Crippen molar-refractivity contribution in [3.05, 3.63) is 81.0 Å². The van der Waals surface area contributed by atoms with Gasteiger partial charge in [0.1, 0.15) is 5.75 Å². The zero-order valence-corrected chi connectivity index (χ0v) is 19.6. The second-order valence-corrected chi connectivity index (χ2v) is 8.53. The Bertz CT molecular complexity index is 1430. The van der Waals surface area contributed by atoms with Crippen LogP contribution in [0, 0.1) is 0 Å². The van der Waals surface area contributed by atoms with Gasteiger partial charge in [0.05, 0.1) is 13.7 Å². The molecule has 2 aromatic carbocycles. The fourth-order valence-corrected chi connectivity index (χ4v) is 4.58. The molecule has 0 amide bonds. The fraction of sp³-hybridized carbons (Fsp3) is 0.320. The van der Waals surface area contributed by atoms with E-state index < -0.39 is 0 Å². The molecule has 3 heterocycles. The Labute approximate surface area is 197 Å². The lowest BCUT2D eigenvalue weighted by atomic mass is 10.2. The lowest BCUT2D eigenvalue weighted by Crippen LogP contribution is -2.47. The van der Waals surface area contributed by atoms with Gasteiger partial charge in [0, 0.05) is 46.0 Å². The minimum atomic E-state index is -0.365. The molecule has 9 nitrogen and oxygen atoms in total. The van der Waals surface area contributed by atoms with Crippen molar-refractivity contribution >= 4 is 22.8 Å². The summed E-state index contributed by atoms with van der Waals surface area (Å²) in [5.74, 6) is 1.54. The van der Waals surface area contributed by atoms with Crippen LogP contribution in [0.4, 0.5) is 11.6 Å². The largest absolute Gasteiger partial charge is 0.497 e. The molecular weight excluding hydrogens is 432 g/mol. The first-order valence-corrected chi connectivity index (χ1v) is 11.3. The van der Waals surface area contributed by atoms with Crippen molar-refractivity contribution in [3.8, 4) is 5.75 Å². The summed E-state index contributed by atoms with van der Waals surface area (Å²) in [6, 6.07) is 17.6. The number of piperazine rings is 1. The molecule has 0 aliphatic carbocycles. The van der Waals surface area contributed by atoms with Crippen LogP contribution in [-0.4, -0.2) is 52.0 Å². The SMILES string of the molecule is COc1ccc(N2CCN(c3nc4c(c(=O)n(Cc5ccccc5)c(=O)n4C)n3C)CC2)cc1. The van der Waals surface area contributed by atoms with Crippen LogP contribution in [0.25, 0.3) is 11.2 Å². The third kappa shape index (κ3) is 3.72. The standard InChI is InChI=1S/C25H28N6O3/c1-27-21-22(28(2)25(33)31(23(21)32)17-18-7-5-4-6-8-18)26-24(27)30-15-13-29(14-16-30)19-9-11-20(34-3)12-10-19/h4-12H,13-17H2,1-3H3. The highest BCUT2D eigenvalue weighted by molar-refractivity contribution is 5.74. The van der Waals surface area contributed by atoms with E-state index in [0.29, 0.717) is 17.1 Å². The molecule has 5 rings (SSSR count). The quantitative estimate of drug-likeness (QED) is 0.452. The van der Waals surface area contributed by atoms with Gasteiger partial charge >= 0.3 is 5.69 Å². The first kappa shape index (κ1) is 21.8. The highest BCUT2D eigenvalue weighted by Crippen LogP contribution is 2.23. The Morgan fingerprint density at radius 2 is 1.50 bits per heavy atom. The van der Waals surface area contributed by atoms with Crippen molar-refractivity contribution in [1.82, 2.24) is 18.7 Å². The highest BCUT2D eigenvalue weighted by Gasteiger charge is 2.25. The summed E-state index contributed by atoms with van der Waals surface area (Å²) in [5.41, 5.74) is 2.21. The Balaban J connectivity index is 1.44. The normalized spacial score (nSPS) is 14.1. The number of aryl methyl sites for hydroxylation is 2. The first-order valence-electron chi connectivity index (χ1n) is 11.3. The summed E-state index contributed by atoms with van der Waals surface area (Å²) >= 11 is 0. The summed E-state index contributed by atoms with van der Waals surface area (Å²) in [7, 11) is 5.18. The van der Waals surface area contributed by atoms with E-state index in [-0.39, 0.29) is 17.8 Å². The minimum absolute atomic E-state index is 0.226. The van der Waals surface area contributed by atoms with Crippen LogP contribution in [0.3, 0.4) is 0 Å². The maximum atomic E-state index is 13.4. The van der Waals surface area contributed by atoms with Gasteiger partial charge in [-0.2, -0.15) is 4.98 Å². The number of fused-ring (bicyclic) bond motifs is 1. The number of anilines is 2. The summed E-state index contributed by atoms with van der Waals surface area (Å²) in [5, 5.41) is 0. The summed E-state index contributed by atoms with van der Waals surface area (Å²) < 4.78 is 9.83. The number of hydrogen-bond acceptors (Lipinski definition) is 6. The third-order valence-corrected chi connectivity index (χ3v) is 6.52. The van der Waals surface area contributed by atoms with Gasteiger partial charge in [-0.25, -0.2) is 4.79 Å². The van der Waals surface area contributed by atoms with Gasteiger partial charge < -0.3 is 19.1 Å². The smallest absolute Gasteiger partial charge is 0.332 e. The van der Waals surface area contributed by atoms with Crippen molar-refractivity contribution in [1.29, 1.82) is 0 Å². The van der Waals surface area contributed by atoms with Crippen LogP contribution in [0.2, 0.25) is 0 Å². The van der Waals surface area contributed by atoms with E-state index in [1.807, 2.05) is 54.1 Å². The molecule has 0 bridgehead atoms. The van der Waals surface area contributed by atoms with E-state index >= 15 is 0 Å². The van der Waals surface area contributed by atoms with Gasteiger partial charge in [-0.05, 0) is 29.8 Å². The molecule has 1 aliphatic rings. The second-order valence-electron chi connectivity index (χ2n) is 8.53. The van der Waals surface area contributed by atoms with E-state index in [9.17, 15) is 9.59 Å². The van der Waals surface area contributed by atoms with Crippen molar-refractivity contribution in [2.75, 3.05) is 43.1 Å². The van der Waals surface area contributed by atoms with E-state index in [1.165, 1.54) is 9.13 Å². The fourth-order valence-electron chi connectivity index (χ4n) is 4.58. The van der Waals surface area contributed by atoms with Crippen LogP contribution < -0.4 is 25.8 Å². The van der Waals surface area contributed by atoms with Crippen molar-refractivity contribution in [2.24, 2.45) is 14.1 Å². The van der Waals surface area contributed by atoms with Crippen molar-refractivity contribution < 1.29 is 4.74 Å². The van der Waals surface area contributed by atoms with Crippen LogP contribution in [0.5, 0.6) is 5.75 Å². The predicted molar refractivity (Wildman–Crippen MR) is 133 cm³/mol. The first-order chi connectivity index (χ1) is 16.5. The van der Waals surface area contributed by atoms with Crippen LogP contribution in [-0.2, 0) is 20.6 Å². The Morgan fingerprint density at radius 1 is 0.853 bits per heavy atom. The van der Waals surface area contributed by atoms with Crippen LogP contribution in [0.1, 0.15) is 5.56 Å². The van der Waals surface area contributed by atoms with E-state index in [1.54, 1.807) is 14.2 Å². The zero-order chi connectivity index (χ0) is 23.8. The van der Waals surface area contributed by atoms with E-state index in [0.717, 1.165) is 43.2 Å². The number of methoxy groups -OCH3 is 1. The lowest BCUT2D eigenvalue weighted by molar-refractivity contribution is 0.415. The van der Waals surface area contributed by atoms with Crippen LogP contribution >= 0.6 is 0 Å². The molecule has 0 atom stereocenters. The summed E-state index contributed by atoms with van der Waals surface area (Å²) in [6.07, 6.45) is 0. The van der Waals surface area contributed by atoms with Gasteiger partial charge in [0.2, 0.25) is 5.95 Å². The third-order valence-electron chi connectivity index (χ3n) is 6.52. The maximum Gasteiger partial charge on any atom is 0.332 e. The zero-order valence-electron chi connectivity index (χ0n) is 19.6. The molecule has 0 spiro atoms.